The average Bonchev–Trinajstić information content (AvgIpc) is 2.95. The van der Waals surface area contributed by atoms with Crippen molar-refractivity contribution >= 4 is 53.2 Å². The summed E-state index contributed by atoms with van der Waals surface area (Å²) in [6.07, 6.45) is 6.91. The Morgan fingerprint density at radius 1 is 0.886 bits per heavy atom. The maximum Gasteiger partial charge on any atom is 0.311 e. The van der Waals surface area contributed by atoms with Crippen LogP contribution in [-0.4, -0.2) is 57.1 Å². The number of rotatable bonds is 7. The van der Waals surface area contributed by atoms with Crippen molar-refractivity contribution in [1.29, 1.82) is 0 Å². The Kier molecular flexibility index (Phi) is 15.9. The summed E-state index contributed by atoms with van der Waals surface area (Å²) in [5, 5.41) is 27.3. The first-order valence-electron chi connectivity index (χ1n) is 13.3. The fourth-order valence-corrected chi connectivity index (χ4v) is 4.94. The number of hydrogen-bond acceptors (Lipinski definition) is 14. The zero-order valence-electron chi connectivity index (χ0n) is 25.1. The number of halogens is 1. The molecule has 1 amide bonds. The highest BCUT2D eigenvalue weighted by Crippen LogP contribution is 2.31. The Bertz CT molecular complexity index is 1370. The van der Waals surface area contributed by atoms with Gasteiger partial charge in [0.15, 0.2) is 0 Å². The first-order chi connectivity index (χ1) is 18.9. The van der Waals surface area contributed by atoms with Gasteiger partial charge in [-0.15, -0.1) is 12.4 Å². The van der Waals surface area contributed by atoms with E-state index in [0.29, 0.717) is 23.5 Å². The van der Waals surface area contributed by atoms with Crippen LogP contribution in [0.3, 0.4) is 0 Å². The highest BCUT2D eigenvalue weighted by atomic mass is 35.5. The minimum absolute atomic E-state index is 0. The molecule has 44 heavy (non-hydrogen) atoms. The van der Waals surface area contributed by atoms with Crippen molar-refractivity contribution in [2.75, 3.05) is 46.6 Å². The van der Waals surface area contributed by atoms with Crippen molar-refractivity contribution in [3.63, 3.8) is 0 Å². The van der Waals surface area contributed by atoms with Crippen molar-refractivity contribution in [2.24, 2.45) is 0 Å². The maximum absolute atomic E-state index is 12.7. The van der Waals surface area contributed by atoms with Crippen LogP contribution in [0.5, 0.6) is 5.75 Å². The zero-order chi connectivity index (χ0) is 27.4. The van der Waals surface area contributed by atoms with Crippen LogP contribution in [0.25, 0.3) is 0 Å². The fraction of sp³-hybridized carbons (Fsp3) is 0.407. The van der Waals surface area contributed by atoms with Gasteiger partial charge in [-0.1, -0.05) is 6.07 Å². The second kappa shape index (κ2) is 17.7. The van der Waals surface area contributed by atoms with E-state index in [1.807, 2.05) is 13.0 Å². The molecule has 15 N–H and O–H groups in total. The first-order valence-corrected chi connectivity index (χ1v) is 13.3. The Labute approximate surface area is 268 Å². The molecule has 2 saturated heterocycles. The Balaban J connectivity index is -0.000000685. The third-order valence-corrected chi connectivity index (χ3v) is 7.08. The standard InChI is InChI=1S/C27H32N8O4.ClH.4H3N.4H2/c1-18-17-19(28-24(37)20-9-8-10-22(23(20)36)35(38)39)11-12-21(18)29-25-30-26(33-13-4-2-5-14-33)32-27(31-25)34-15-6-3-7-16-34;;;;;;;;;/h8-12,17,36H,2-7,13-16H2,1H3,(H,28,37)(H,29,30,31,32);1H;4*1H3;4*1H. The first kappa shape index (κ1) is 39.6. The highest BCUT2D eigenvalue weighted by molar-refractivity contribution is 6.07. The lowest BCUT2D eigenvalue weighted by atomic mass is 10.1. The van der Waals surface area contributed by atoms with Crippen LogP contribution >= 0.6 is 12.4 Å². The summed E-state index contributed by atoms with van der Waals surface area (Å²) in [7, 11) is 0. The predicted molar refractivity (Wildman–Crippen MR) is 185 cm³/mol. The number of para-hydroxylation sites is 1. The zero-order valence-corrected chi connectivity index (χ0v) is 25.9. The van der Waals surface area contributed by atoms with Gasteiger partial charge < -0.3 is 50.1 Å². The second-order valence-corrected chi connectivity index (χ2v) is 9.89. The van der Waals surface area contributed by atoms with Crippen molar-refractivity contribution in [3.05, 3.63) is 57.6 Å². The van der Waals surface area contributed by atoms with Gasteiger partial charge in [0.05, 0.1) is 10.5 Å². The molecule has 16 nitrogen and oxygen atoms in total. The summed E-state index contributed by atoms with van der Waals surface area (Å²) in [4.78, 5) is 41.8. The van der Waals surface area contributed by atoms with Gasteiger partial charge in [0.1, 0.15) is 0 Å². The van der Waals surface area contributed by atoms with Gasteiger partial charge in [-0.05, 0) is 75.3 Å². The molecule has 0 aliphatic carbocycles. The van der Waals surface area contributed by atoms with Crippen LogP contribution in [0, 0.1) is 17.0 Å². The van der Waals surface area contributed by atoms with E-state index in [1.54, 1.807) is 12.1 Å². The molecule has 0 unspecified atom stereocenters. The number of aromatic nitrogens is 3. The number of nitro benzene ring substituents is 1. The number of aromatic hydroxyl groups is 1. The summed E-state index contributed by atoms with van der Waals surface area (Å²) in [6.45, 7) is 5.60. The van der Waals surface area contributed by atoms with E-state index in [4.69, 9.17) is 15.0 Å². The van der Waals surface area contributed by atoms with Gasteiger partial charge in [0.2, 0.25) is 23.6 Å². The molecule has 5 rings (SSSR count). The van der Waals surface area contributed by atoms with Gasteiger partial charge >= 0.3 is 5.69 Å². The number of aryl methyl sites for hydroxylation is 1. The topological polar surface area (TPSA) is 290 Å². The van der Waals surface area contributed by atoms with Gasteiger partial charge in [-0.3, -0.25) is 14.9 Å². The number of piperidine rings is 2. The summed E-state index contributed by atoms with van der Waals surface area (Å²) >= 11 is 0. The average molecular weight is 645 g/mol. The molecule has 3 heterocycles. The third kappa shape index (κ3) is 9.08. The van der Waals surface area contributed by atoms with E-state index in [-0.39, 0.29) is 48.3 Å². The number of amides is 1. The monoisotopic (exact) mass is 644 g/mol. The Morgan fingerprint density at radius 2 is 1.43 bits per heavy atom. The number of nitrogens with zero attached hydrogens (tertiary/aromatic N) is 6. The van der Waals surface area contributed by atoms with E-state index in [2.05, 4.69) is 20.4 Å². The molecule has 1 aromatic heterocycles. The molecule has 17 heteroatoms. The molecule has 2 aromatic carbocycles. The number of phenols is 1. The molecule has 0 bridgehead atoms. The van der Waals surface area contributed by atoms with E-state index in [0.717, 1.165) is 69.2 Å². The van der Waals surface area contributed by atoms with Crippen molar-refractivity contribution < 1.29 is 20.5 Å². The van der Waals surface area contributed by atoms with Crippen LogP contribution < -0.4 is 45.0 Å². The molecule has 0 saturated carbocycles. The molecular formula is C27H53ClN12O4. The summed E-state index contributed by atoms with van der Waals surface area (Å²) in [5.74, 6) is 0.523. The summed E-state index contributed by atoms with van der Waals surface area (Å²) in [5.41, 5.74) is 1.38. The van der Waals surface area contributed by atoms with E-state index >= 15 is 0 Å². The van der Waals surface area contributed by atoms with Crippen LogP contribution in [0.4, 0.5) is 34.9 Å². The van der Waals surface area contributed by atoms with Crippen LogP contribution in [0.1, 0.15) is 60.2 Å². The largest absolute Gasteiger partial charge is 0.502 e. The van der Waals surface area contributed by atoms with Crippen LogP contribution in [0.2, 0.25) is 0 Å². The number of phenolic OH excluding ortho intramolecular Hbond substituents is 1. The van der Waals surface area contributed by atoms with E-state index in [1.165, 1.54) is 25.0 Å². The number of anilines is 5. The highest BCUT2D eigenvalue weighted by Gasteiger charge is 2.22. The quantitative estimate of drug-likeness (QED) is 0.102. The summed E-state index contributed by atoms with van der Waals surface area (Å²) < 4.78 is 0. The molecule has 0 spiro atoms. The third-order valence-electron chi connectivity index (χ3n) is 7.08. The number of carbonyl (C=O) groups is 1. The van der Waals surface area contributed by atoms with Gasteiger partial charge in [-0.2, -0.15) is 15.0 Å². The molecule has 0 radical (unpaired) electrons. The van der Waals surface area contributed by atoms with Gasteiger partial charge in [0.25, 0.3) is 5.91 Å². The number of nitrogens with one attached hydrogen (secondary N) is 2. The molecule has 3 aromatic rings. The molecule has 2 aliphatic heterocycles. The van der Waals surface area contributed by atoms with E-state index in [9.17, 15) is 20.0 Å². The molecule has 0 atom stereocenters. The lowest BCUT2D eigenvalue weighted by Gasteiger charge is -2.30. The Morgan fingerprint density at radius 3 is 1.93 bits per heavy atom. The molecule has 252 valence electrons. The molecule has 2 fully saturated rings. The molecular weight excluding hydrogens is 592 g/mol. The predicted octanol–water partition coefficient (Wildman–Crippen LogP) is 6.82. The maximum atomic E-state index is 12.7. The normalized spacial score (nSPS) is 13.8. The fourth-order valence-electron chi connectivity index (χ4n) is 4.94. The van der Waals surface area contributed by atoms with Crippen molar-refractivity contribution in [2.45, 2.75) is 45.4 Å². The summed E-state index contributed by atoms with van der Waals surface area (Å²) in [6, 6.07) is 9.12. The van der Waals surface area contributed by atoms with Gasteiger partial charge in [0, 0.05) is 49.3 Å². The van der Waals surface area contributed by atoms with Crippen LogP contribution in [0.15, 0.2) is 36.4 Å². The Hall–Kier alpha value is -4.35. The second-order valence-electron chi connectivity index (χ2n) is 9.89. The van der Waals surface area contributed by atoms with Crippen molar-refractivity contribution in [1.82, 2.24) is 39.6 Å². The van der Waals surface area contributed by atoms with Gasteiger partial charge in [-0.25, -0.2) is 0 Å². The smallest absolute Gasteiger partial charge is 0.311 e. The SMILES string of the molecule is Cc1cc(NC(=O)c2cccc([N+](=O)[O-])c2O)ccc1Nc1nc(N2CCCCC2)nc(N2CCCCC2)n1.Cl.N.N.N.N.[HH].[HH].[HH].[HH]. The number of nitro groups is 1. The number of carbonyl (C=O) groups excluding carboxylic acids is 1. The van der Waals surface area contributed by atoms with E-state index < -0.39 is 22.3 Å². The van der Waals surface area contributed by atoms with Crippen LogP contribution in [-0.2, 0) is 0 Å². The minimum atomic E-state index is -0.731. The van der Waals surface area contributed by atoms with Crippen molar-refractivity contribution in [3.8, 4) is 5.75 Å². The minimum Gasteiger partial charge on any atom is -0.502 e. The number of hydrogen-bond donors (Lipinski definition) is 7. The lowest BCUT2D eigenvalue weighted by Crippen LogP contribution is -2.34. The molecule has 2 aliphatic rings. The lowest BCUT2D eigenvalue weighted by molar-refractivity contribution is -0.385. The number of benzene rings is 2.